The molecular weight excluding hydrogens is 216 g/mol. The minimum absolute atomic E-state index is 0.159. The standard InChI is InChI=1S/C13H10N2O2/c14-9-2-1-3-10-7(9)6-8-11(15-10)4-5-12(16)13(8)17/h1-6,16-17H,14H2. The summed E-state index contributed by atoms with van der Waals surface area (Å²) in [6, 6.07) is 10.3. The van der Waals surface area contributed by atoms with Crippen molar-refractivity contribution in [1.29, 1.82) is 0 Å². The molecule has 0 aliphatic carbocycles. The molecule has 17 heavy (non-hydrogen) atoms. The third-order valence-corrected chi connectivity index (χ3v) is 2.82. The van der Waals surface area contributed by atoms with Gasteiger partial charge in [0.25, 0.3) is 0 Å². The minimum atomic E-state index is -0.167. The van der Waals surface area contributed by atoms with Crippen molar-refractivity contribution in [2.75, 3.05) is 5.73 Å². The van der Waals surface area contributed by atoms with Gasteiger partial charge in [-0.05, 0) is 30.3 Å². The number of benzene rings is 2. The van der Waals surface area contributed by atoms with E-state index in [4.69, 9.17) is 5.73 Å². The number of nitrogen functional groups attached to an aromatic ring is 1. The van der Waals surface area contributed by atoms with Gasteiger partial charge >= 0.3 is 0 Å². The van der Waals surface area contributed by atoms with Gasteiger partial charge in [-0.2, -0.15) is 0 Å². The number of aromatic nitrogens is 1. The Morgan fingerprint density at radius 3 is 2.53 bits per heavy atom. The van der Waals surface area contributed by atoms with E-state index in [0.717, 1.165) is 10.9 Å². The van der Waals surface area contributed by atoms with Gasteiger partial charge in [0.05, 0.1) is 11.0 Å². The second-order valence-electron chi connectivity index (χ2n) is 3.90. The maximum Gasteiger partial charge on any atom is 0.167 e. The molecule has 0 aliphatic heterocycles. The molecule has 1 aromatic heterocycles. The summed E-state index contributed by atoms with van der Waals surface area (Å²) in [5.74, 6) is -0.326. The smallest absolute Gasteiger partial charge is 0.167 e. The van der Waals surface area contributed by atoms with Crippen molar-refractivity contribution in [2.45, 2.75) is 0 Å². The van der Waals surface area contributed by atoms with Gasteiger partial charge in [-0.1, -0.05) is 6.07 Å². The normalized spacial score (nSPS) is 11.1. The van der Waals surface area contributed by atoms with Crippen molar-refractivity contribution in [1.82, 2.24) is 4.98 Å². The number of phenolic OH excluding ortho intramolecular Hbond substituents is 2. The summed E-state index contributed by atoms with van der Waals surface area (Å²) in [5.41, 5.74) is 7.84. The van der Waals surface area contributed by atoms with Gasteiger partial charge in [-0.15, -0.1) is 0 Å². The molecule has 0 saturated heterocycles. The monoisotopic (exact) mass is 226 g/mol. The lowest BCUT2D eigenvalue weighted by Crippen LogP contribution is -1.89. The number of rotatable bonds is 0. The van der Waals surface area contributed by atoms with Crippen LogP contribution in [0.15, 0.2) is 36.4 Å². The van der Waals surface area contributed by atoms with Gasteiger partial charge in [0.1, 0.15) is 0 Å². The maximum atomic E-state index is 9.78. The molecular formula is C13H10N2O2. The summed E-state index contributed by atoms with van der Waals surface area (Å²) in [7, 11) is 0. The second kappa shape index (κ2) is 3.25. The van der Waals surface area contributed by atoms with Gasteiger partial charge < -0.3 is 15.9 Å². The maximum absolute atomic E-state index is 9.78. The molecule has 0 aliphatic rings. The molecule has 4 N–H and O–H groups in total. The fraction of sp³-hybridized carbons (Fsp3) is 0. The lowest BCUT2D eigenvalue weighted by molar-refractivity contribution is 0.408. The number of hydrogen-bond donors (Lipinski definition) is 3. The lowest BCUT2D eigenvalue weighted by atomic mass is 10.1. The predicted molar refractivity (Wildman–Crippen MR) is 67.0 cm³/mol. The molecule has 4 nitrogen and oxygen atoms in total. The van der Waals surface area contributed by atoms with Gasteiger partial charge in [-0.3, -0.25) is 0 Å². The van der Waals surface area contributed by atoms with Gasteiger partial charge in [0, 0.05) is 16.5 Å². The first kappa shape index (κ1) is 9.72. The largest absolute Gasteiger partial charge is 0.504 e. The molecule has 4 heteroatoms. The Labute approximate surface area is 96.9 Å². The average Bonchev–Trinajstić information content (AvgIpc) is 2.33. The van der Waals surface area contributed by atoms with E-state index in [9.17, 15) is 10.2 Å². The molecule has 0 bridgehead atoms. The van der Waals surface area contributed by atoms with Crippen molar-refractivity contribution >= 4 is 27.5 Å². The van der Waals surface area contributed by atoms with E-state index >= 15 is 0 Å². The van der Waals surface area contributed by atoms with Crippen LogP contribution in [0.5, 0.6) is 11.5 Å². The van der Waals surface area contributed by atoms with Crippen LogP contribution in [-0.4, -0.2) is 15.2 Å². The molecule has 0 fully saturated rings. The zero-order valence-corrected chi connectivity index (χ0v) is 8.88. The van der Waals surface area contributed by atoms with Crippen molar-refractivity contribution in [2.24, 2.45) is 0 Å². The number of nitrogens with zero attached hydrogens (tertiary/aromatic N) is 1. The Morgan fingerprint density at radius 2 is 1.71 bits per heavy atom. The predicted octanol–water partition coefficient (Wildman–Crippen LogP) is 2.38. The summed E-state index contributed by atoms with van der Waals surface area (Å²) in [4.78, 5) is 4.39. The van der Waals surface area contributed by atoms with E-state index in [1.165, 1.54) is 6.07 Å². The summed E-state index contributed by atoms with van der Waals surface area (Å²) in [6.07, 6.45) is 0. The summed E-state index contributed by atoms with van der Waals surface area (Å²) >= 11 is 0. The first-order valence-electron chi connectivity index (χ1n) is 5.17. The zero-order chi connectivity index (χ0) is 12.0. The summed E-state index contributed by atoms with van der Waals surface area (Å²) in [6.45, 7) is 0. The van der Waals surface area contributed by atoms with Crippen LogP contribution in [0, 0.1) is 0 Å². The van der Waals surface area contributed by atoms with Crippen LogP contribution >= 0.6 is 0 Å². The molecule has 0 amide bonds. The van der Waals surface area contributed by atoms with Crippen molar-refractivity contribution in [3.8, 4) is 11.5 Å². The Kier molecular flexibility index (Phi) is 1.86. The Balaban J connectivity index is 2.53. The second-order valence-corrected chi connectivity index (χ2v) is 3.90. The van der Waals surface area contributed by atoms with E-state index < -0.39 is 0 Å². The highest BCUT2D eigenvalue weighted by atomic mass is 16.3. The number of pyridine rings is 1. The Bertz CT molecular complexity index is 738. The summed E-state index contributed by atoms with van der Waals surface area (Å²) in [5, 5.41) is 20.5. The topological polar surface area (TPSA) is 79.4 Å². The van der Waals surface area contributed by atoms with E-state index in [2.05, 4.69) is 4.98 Å². The van der Waals surface area contributed by atoms with Gasteiger partial charge in [0.2, 0.25) is 0 Å². The first-order chi connectivity index (χ1) is 8.16. The third kappa shape index (κ3) is 1.34. The molecule has 0 unspecified atom stereocenters. The highest BCUT2D eigenvalue weighted by Crippen LogP contribution is 2.35. The zero-order valence-electron chi connectivity index (χ0n) is 8.88. The van der Waals surface area contributed by atoms with Crippen LogP contribution < -0.4 is 5.73 Å². The van der Waals surface area contributed by atoms with Crippen LogP contribution in [0.3, 0.4) is 0 Å². The number of phenols is 2. The van der Waals surface area contributed by atoms with Gasteiger partial charge in [-0.25, -0.2) is 4.98 Å². The number of hydrogen-bond acceptors (Lipinski definition) is 4. The van der Waals surface area contributed by atoms with E-state index in [1.807, 2.05) is 12.1 Å². The number of nitrogens with two attached hydrogens (primary N) is 1. The van der Waals surface area contributed by atoms with Gasteiger partial charge in [0.15, 0.2) is 11.5 Å². The molecule has 0 spiro atoms. The van der Waals surface area contributed by atoms with Crippen molar-refractivity contribution in [3.05, 3.63) is 36.4 Å². The quantitative estimate of drug-likeness (QED) is 0.312. The molecule has 0 radical (unpaired) electrons. The first-order valence-corrected chi connectivity index (χ1v) is 5.17. The number of anilines is 1. The van der Waals surface area contributed by atoms with Crippen LogP contribution in [0.2, 0.25) is 0 Å². The Morgan fingerprint density at radius 1 is 0.941 bits per heavy atom. The van der Waals surface area contributed by atoms with E-state index in [1.54, 1.807) is 18.2 Å². The van der Waals surface area contributed by atoms with Crippen molar-refractivity contribution in [3.63, 3.8) is 0 Å². The molecule has 1 heterocycles. The van der Waals surface area contributed by atoms with Crippen LogP contribution in [0.1, 0.15) is 0 Å². The third-order valence-electron chi connectivity index (χ3n) is 2.82. The van der Waals surface area contributed by atoms with Crippen molar-refractivity contribution < 1.29 is 10.2 Å². The van der Waals surface area contributed by atoms with Crippen LogP contribution in [-0.2, 0) is 0 Å². The number of fused-ring (bicyclic) bond motifs is 2. The van der Waals surface area contributed by atoms with E-state index in [0.29, 0.717) is 16.6 Å². The molecule has 2 aromatic carbocycles. The fourth-order valence-corrected chi connectivity index (χ4v) is 1.92. The molecule has 84 valence electrons. The highest BCUT2D eigenvalue weighted by molar-refractivity contribution is 6.01. The molecule has 0 saturated carbocycles. The molecule has 3 rings (SSSR count). The summed E-state index contributed by atoms with van der Waals surface area (Å²) < 4.78 is 0. The SMILES string of the molecule is Nc1cccc2nc3ccc(O)c(O)c3cc12. The minimum Gasteiger partial charge on any atom is -0.504 e. The molecule has 3 aromatic rings. The average molecular weight is 226 g/mol. The highest BCUT2D eigenvalue weighted by Gasteiger charge is 2.08. The van der Waals surface area contributed by atoms with E-state index in [-0.39, 0.29) is 11.5 Å². The van der Waals surface area contributed by atoms with Crippen LogP contribution in [0.4, 0.5) is 5.69 Å². The Hall–Kier alpha value is -2.49. The fourth-order valence-electron chi connectivity index (χ4n) is 1.92. The number of aromatic hydroxyl groups is 2. The molecule has 0 atom stereocenters. The van der Waals surface area contributed by atoms with Crippen LogP contribution in [0.25, 0.3) is 21.8 Å². The lowest BCUT2D eigenvalue weighted by Gasteiger charge is -2.06.